The molecule has 3 aromatic rings. The average Bonchev–Trinajstić information content (AvgIpc) is 2.89. The molecule has 6 heteroatoms. The third-order valence-electron chi connectivity index (χ3n) is 4.65. The van der Waals surface area contributed by atoms with E-state index in [0.717, 1.165) is 5.56 Å². The van der Waals surface area contributed by atoms with Crippen LogP contribution in [0.4, 0.5) is 0 Å². The monoisotopic (exact) mass is 351 g/mol. The van der Waals surface area contributed by atoms with Gasteiger partial charge in [-0.1, -0.05) is 23.8 Å². The van der Waals surface area contributed by atoms with Gasteiger partial charge in [-0.2, -0.15) is 0 Å². The van der Waals surface area contributed by atoms with E-state index < -0.39 is 11.9 Å². The highest BCUT2D eigenvalue weighted by Gasteiger charge is 2.42. The van der Waals surface area contributed by atoms with Gasteiger partial charge in [0.2, 0.25) is 5.76 Å². The molecule has 1 aliphatic heterocycles. The number of fused-ring (bicyclic) bond motifs is 2. The van der Waals surface area contributed by atoms with Crippen molar-refractivity contribution in [1.29, 1.82) is 0 Å². The number of hydrogen-bond donors (Lipinski definition) is 2. The van der Waals surface area contributed by atoms with Gasteiger partial charge in [0, 0.05) is 6.54 Å². The molecule has 1 amide bonds. The SMILES string of the molecule is Cc1ccc2oc3c(c(=O)c2c1)C(c1cccc(O)c1)N(CCO)C3=O. The number of amides is 1. The van der Waals surface area contributed by atoms with Crippen LogP contribution >= 0.6 is 0 Å². The van der Waals surface area contributed by atoms with E-state index in [1.54, 1.807) is 24.3 Å². The molecule has 0 fully saturated rings. The van der Waals surface area contributed by atoms with Gasteiger partial charge in [-0.3, -0.25) is 9.59 Å². The van der Waals surface area contributed by atoms with Crippen LogP contribution in [0.25, 0.3) is 11.0 Å². The summed E-state index contributed by atoms with van der Waals surface area (Å²) in [5.41, 5.74) is 1.83. The Labute approximate surface area is 148 Å². The molecule has 1 aromatic heterocycles. The number of rotatable bonds is 3. The molecule has 4 rings (SSSR count). The predicted octanol–water partition coefficient (Wildman–Crippen LogP) is 2.34. The van der Waals surface area contributed by atoms with Crippen LogP contribution in [0.2, 0.25) is 0 Å². The van der Waals surface area contributed by atoms with Crippen molar-refractivity contribution < 1.29 is 19.4 Å². The van der Waals surface area contributed by atoms with Crippen molar-refractivity contribution in [2.75, 3.05) is 13.2 Å². The first kappa shape index (κ1) is 16.4. The highest BCUT2D eigenvalue weighted by molar-refractivity contribution is 5.99. The van der Waals surface area contributed by atoms with E-state index >= 15 is 0 Å². The van der Waals surface area contributed by atoms with E-state index in [0.29, 0.717) is 16.5 Å². The Morgan fingerprint density at radius 3 is 2.69 bits per heavy atom. The maximum absolute atomic E-state index is 13.2. The second kappa shape index (κ2) is 6.00. The van der Waals surface area contributed by atoms with Crippen molar-refractivity contribution in [3.05, 3.63) is 75.1 Å². The minimum atomic E-state index is -0.710. The standard InChI is InChI=1S/C20H17NO5/c1-11-5-6-15-14(9-11)18(24)16-17(12-3-2-4-13(23)10-12)21(7-8-22)20(25)19(16)26-15/h2-6,9-10,17,22-23H,7-8H2,1H3. The first-order chi connectivity index (χ1) is 12.5. The Hall–Kier alpha value is -3.12. The van der Waals surface area contributed by atoms with Gasteiger partial charge in [-0.15, -0.1) is 0 Å². The Kier molecular flexibility index (Phi) is 3.77. The Morgan fingerprint density at radius 1 is 1.15 bits per heavy atom. The molecule has 0 radical (unpaired) electrons. The van der Waals surface area contributed by atoms with Gasteiger partial charge in [0.05, 0.1) is 23.6 Å². The molecule has 6 nitrogen and oxygen atoms in total. The molecule has 0 saturated carbocycles. The van der Waals surface area contributed by atoms with Crippen molar-refractivity contribution in [1.82, 2.24) is 4.90 Å². The third-order valence-corrected chi connectivity index (χ3v) is 4.65. The highest BCUT2D eigenvalue weighted by Crippen LogP contribution is 2.38. The first-order valence-electron chi connectivity index (χ1n) is 8.29. The zero-order chi connectivity index (χ0) is 18.4. The molecule has 2 heterocycles. The maximum Gasteiger partial charge on any atom is 0.290 e. The summed E-state index contributed by atoms with van der Waals surface area (Å²) in [5, 5.41) is 19.6. The zero-order valence-corrected chi connectivity index (χ0v) is 14.1. The van der Waals surface area contributed by atoms with Crippen LogP contribution in [-0.4, -0.2) is 34.2 Å². The minimum absolute atomic E-state index is 0.00635. The number of phenolic OH excluding ortho intramolecular Hbond substituents is 1. The predicted molar refractivity (Wildman–Crippen MR) is 95.3 cm³/mol. The maximum atomic E-state index is 13.2. The summed E-state index contributed by atoms with van der Waals surface area (Å²) >= 11 is 0. The lowest BCUT2D eigenvalue weighted by Crippen LogP contribution is -2.32. The number of aliphatic hydroxyl groups is 1. The summed E-state index contributed by atoms with van der Waals surface area (Å²) in [6, 6.07) is 10.9. The highest BCUT2D eigenvalue weighted by atomic mass is 16.3. The summed E-state index contributed by atoms with van der Waals surface area (Å²) in [5.74, 6) is -0.413. The molecule has 2 N–H and O–H groups in total. The van der Waals surface area contributed by atoms with Gasteiger partial charge in [0.15, 0.2) is 5.43 Å². The number of carbonyl (C=O) groups is 1. The van der Waals surface area contributed by atoms with Gasteiger partial charge < -0.3 is 19.5 Å². The number of aromatic hydroxyl groups is 1. The number of phenols is 1. The topological polar surface area (TPSA) is 91.0 Å². The minimum Gasteiger partial charge on any atom is -0.508 e. The number of aryl methyl sites for hydroxylation is 1. The second-order valence-electron chi connectivity index (χ2n) is 6.39. The third kappa shape index (κ3) is 2.38. The number of aliphatic hydroxyl groups excluding tert-OH is 1. The van der Waals surface area contributed by atoms with Gasteiger partial charge in [-0.05, 0) is 36.8 Å². The van der Waals surface area contributed by atoms with Crippen LogP contribution in [0.15, 0.2) is 51.7 Å². The van der Waals surface area contributed by atoms with E-state index in [1.165, 1.54) is 17.0 Å². The lowest BCUT2D eigenvalue weighted by atomic mass is 9.98. The Balaban J connectivity index is 2.03. The molecular formula is C20H17NO5. The van der Waals surface area contributed by atoms with Crippen LogP contribution in [0.3, 0.4) is 0 Å². The lowest BCUT2D eigenvalue weighted by molar-refractivity contribution is 0.0691. The van der Waals surface area contributed by atoms with Crippen LogP contribution in [0.5, 0.6) is 5.75 Å². The molecule has 0 spiro atoms. The summed E-state index contributed by atoms with van der Waals surface area (Å²) < 4.78 is 5.78. The fourth-order valence-corrected chi connectivity index (χ4v) is 3.51. The molecule has 1 aliphatic rings. The van der Waals surface area contributed by atoms with Gasteiger partial charge in [0.1, 0.15) is 11.3 Å². The van der Waals surface area contributed by atoms with Gasteiger partial charge in [0.25, 0.3) is 5.91 Å². The van der Waals surface area contributed by atoms with Crippen LogP contribution in [0, 0.1) is 6.92 Å². The number of benzene rings is 2. The van der Waals surface area contributed by atoms with Gasteiger partial charge in [-0.25, -0.2) is 0 Å². The van der Waals surface area contributed by atoms with E-state index in [4.69, 9.17) is 4.42 Å². The fraction of sp³-hybridized carbons (Fsp3) is 0.200. The quantitative estimate of drug-likeness (QED) is 0.756. The van der Waals surface area contributed by atoms with Crippen LogP contribution in [0.1, 0.15) is 33.3 Å². The van der Waals surface area contributed by atoms with Crippen molar-refractivity contribution in [2.24, 2.45) is 0 Å². The molecule has 0 aliphatic carbocycles. The molecule has 0 saturated heterocycles. The normalized spacial score (nSPS) is 16.3. The van der Waals surface area contributed by atoms with E-state index in [9.17, 15) is 19.8 Å². The van der Waals surface area contributed by atoms with E-state index in [1.807, 2.05) is 13.0 Å². The number of β-amino-alcohol motifs (C(OH)–C–C–N with tert-alkyl or cyclic N) is 1. The molecule has 132 valence electrons. The first-order valence-corrected chi connectivity index (χ1v) is 8.29. The van der Waals surface area contributed by atoms with E-state index in [2.05, 4.69) is 0 Å². The zero-order valence-electron chi connectivity index (χ0n) is 14.1. The average molecular weight is 351 g/mol. The summed E-state index contributed by atoms with van der Waals surface area (Å²) in [4.78, 5) is 27.4. The van der Waals surface area contributed by atoms with Crippen LogP contribution in [-0.2, 0) is 0 Å². The van der Waals surface area contributed by atoms with Crippen LogP contribution < -0.4 is 5.43 Å². The molecule has 1 atom stereocenters. The molecule has 2 aromatic carbocycles. The molecule has 1 unspecified atom stereocenters. The van der Waals surface area contributed by atoms with Gasteiger partial charge >= 0.3 is 0 Å². The van der Waals surface area contributed by atoms with Crippen molar-refractivity contribution >= 4 is 16.9 Å². The summed E-state index contributed by atoms with van der Waals surface area (Å²) in [6.07, 6.45) is 0. The van der Waals surface area contributed by atoms with Crippen molar-refractivity contribution in [3.8, 4) is 5.75 Å². The van der Waals surface area contributed by atoms with E-state index in [-0.39, 0.29) is 35.7 Å². The number of carbonyl (C=O) groups excluding carboxylic acids is 1. The largest absolute Gasteiger partial charge is 0.508 e. The molecular weight excluding hydrogens is 334 g/mol. The second-order valence-corrected chi connectivity index (χ2v) is 6.39. The Morgan fingerprint density at radius 2 is 1.96 bits per heavy atom. The number of nitrogens with zero attached hydrogens (tertiary/aromatic N) is 1. The molecule has 26 heavy (non-hydrogen) atoms. The Bertz CT molecular complexity index is 1090. The van der Waals surface area contributed by atoms with Crippen molar-refractivity contribution in [2.45, 2.75) is 13.0 Å². The summed E-state index contributed by atoms with van der Waals surface area (Å²) in [6.45, 7) is 1.68. The smallest absolute Gasteiger partial charge is 0.290 e. The molecule has 0 bridgehead atoms. The van der Waals surface area contributed by atoms with Crippen molar-refractivity contribution in [3.63, 3.8) is 0 Å². The summed E-state index contributed by atoms with van der Waals surface area (Å²) in [7, 11) is 0. The number of hydrogen-bond acceptors (Lipinski definition) is 5. The lowest BCUT2D eigenvalue weighted by Gasteiger charge is -2.24. The fourth-order valence-electron chi connectivity index (χ4n) is 3.51.